The topological polar surface area (TPSA) is 18.5 Å². The molecule has 0 aliphatic heterocycles. The summed E-state index contributed by atoms with van der Waals surface area (Å²) in [5, 5.41) is 0.592. The second kappa shape index (κ2) is 8.10. The zero-order valence-electron chi connectivity index (χ0n) is 8.96. The molecule has 1 aromatic rings. The molecule has 0 saturated carbocycles. The zero-order chi connectivity index (χ0) is 11.3. The van der Waals surface area contributed by atoms with Crippen molar-refractivity contribution in [2.45, 2.75) is 5.02 Å². The van der Waals surface area contributed by atoms with E-state index in [2.05, 4.69) is 0 Å². The van der Waals surface area contributed by atoms with Gasteiger partial charge in [-0.15, -0.1) is 17.0 Å². The van der Waals surface area contributed by atoms with Crippen molar-refractivity contribution in [1.82, 2.24) is 0 Å². The van der Waals surface area contributed by atoms with E-state index >= 15 is 0 Å². The molecule has 0 bridgehead atoms. The van der Waals surface area contributed by atoms with Crippen molar-refractivity contribution in [1.29, 1.82) is 0 Å². The van der Waals surface area contributed by atoms with Crippen LogP contribution >= 0.6 is 17.0 Å². The van der Waals surface area contributed by atoms with E-state index in [1.54, 1.807) is 7.11 Å². The second-order valence-corrected chi connectivity index (χ2v) is 4.00. The van der Waals surface area contributed by atoms with Gasteiger partial charge in [-0.2, -0.15) is 0 Å². The molecule has 6 heteroatoms. The quantitative estimate of drug-likeness (QED) is 0.602. The van der Waals surface area contributed by atoms with Gasteiger partial charge in [0.05, 0.1) is 0 Å². The van der Waals surface area contributed by atoms with Gasteiger partial charge >= 0.3 is 97.0 Å². The fraction of sp³-hybridized carbons (Fsp3) is 0.400. The van der Waals surface area contributed by atoms with E-state index in [0.717, 1.165) is 24.4 Å². The van der Waals surface area contributed by atoms with Gasteiger partial charge < -0.3 is 0 Å². The molecule has 0 spiro atoms. The molecular formula is C10H12BrF2O2Zn. The van der Waals surface area contributed by atoms with Crippen LogP contribution in [0.2, 0.25) is 0 Å². The number of hydrogen-bond acceptors (Lipinski definition) is 2. The van der Waals surface area contributed by atoms with Crippen LogP contribution in [0.15, 0.2) is 12.1 Å². The molecule has 0 aliphatic carbocycles. The SMILES string of the molecule is Br.COCCOc1cc(F)cc(F)c1[CH2][Zn]. The molecule has 1 rings (SSSR count). The van der Waals surface area contributed by atoms with Gasteiger partial charge in [0.15, 0.2) is 0 Å². The normalized spacial score (nSPS) is 9.81. The Morgan fingerprint density at radius 2 is 1.94 bits per heavy atom. The number of hydrogen-bond donors (Lipinski definition) is 0. The van der Waals surface area contributed by atoms with Gasteiger partial charge in [-0.25, -0.2) is 0 Å². The Hall–Kier alpha value is -0.0566. The molecule has 0 aliphatic rings. The van der Waals surface area contributed by atoms with E-state index in [1.807, 2.05) is 0 Å². The first-order valence-corrected chi connectivity index (χ1v) is 6.67. The van der Waals surface area contributed by atoms with Gasteiger partial charge in [0, 0.05) is 0 Å². The van der Waals surface area contributed by atoms with E-state index in [9.17, 15) is 8.78 Å². The van der Waals surface area contributed by atoms with E-state index in [4.69, 9.17) is 9.47 Å². The molecule has 2 nitrogen and oxygen atoms in total. The summed E-state index contributed by atoms with van der Waals surface area (Å²) >= 11 is 0.906. The van der Waals surface area contributed by atoms with E-state index < -0.39 is 11.6 Å². The van der Waals surface area contributed by atoms with Crippen molar-refractivity contribution in [3.8, 4) is 5.75 Å². The van der Waals surface area contributed by atoms with Gasteiger partial charge in [0.2, 0.25) is 0 Å². The fourth-order valence-corrected chi connectivity index (χ4v) is 2.20. The molecule has 0 N–H and O–H groups in total. The molecule has 1 aromatic carbocycles. The minimum absolute atomic E-state index is 0. The van der Waals surface area contributed by atoms with Gasteiger partial charge in [0.25, 0.3) is 0 Å². The first-order chi connectivity index (χ1) is 7.19. The molecule has 0 heterocycles. The van der Waals surface area contributed by atoms with Gasteiger partial charge in [-0.3, -0.25) is 0 Å². The van der Waals surface area contributed by atoms with Crippen molar-refractivity contribution >= 4 is 17.0 Å². The van der Waals surface area contributed by atoms with Crippen LogP contribution in [0.3, 0.4) is 0 Å². The first kappa shape index (κ1) is 15.9. The molecule has 0 atom stereocenters. The summed E-state index contributed by atoms with van der Waals surface area (Å²) < 4.78 is 36.2. The molecular weight excluding hydrogens is 335 g/mol. The van der Waals surface area contributed by atoms with Crippen LogP contribution in [0.5, 0.6) is 5.75 Å². The third kappa shape index (κ3) is 4.44. The third-order valence-electron chi connectivity index (χ3n) is 1.91. The predicted octanol–water partition coefficient (Wildman–Crippen LogP) is 2.61. The van der Waals surface area contributed by atoms with Crippen LogP contribution in [0, 0.1) is 11.6 Å². The first-order valence-electron chi connectivity index (χ1n) is 4.58. The Morgan fingerprint density at radius 3 is 2.50 bits per heavy atom. The third-order valence-corrected chi connectivity index (χ3v) is 2.96. The molecule has 87 valence electrons. The van der Waals surface area contributed by atoms with Crippen LogP contribution in [0.4, 0.5) is 8.78 Å². The van der Waals surface area contributed by atoms with Crippen molar-refractivity contribution in [3.05, 3.63) is 29.3 Å². The molecule has 0 radical (unpaired) electrons. The summed E-state index contributed by atoms with van der Waals surface area (Å²) in [5.74, 6) is -0.860. The monoisotopic (exact) mass is 345 g/mol. The number of benzene rings is 1. The van der Waals surface area contributed by atoms with Gasteiger partial charge in [-0.1, -0.05) is 0 Å². The van der Waals surface area contributed by atoms with Crippen LogP contribution in [-0.4, -0.2) is 20.3 Å². The van der Waals surface area contributed by atoms with E-state index in [-0.39, 0.29) is 22.7 Å². The van der Waals surface area contributed by atoms with E-state index in [0.29, 0.717) is 23.8 Å². The maximum atomic E-state index is 13.3. The van der Waals surface area contributed by atoms with Crippen molar-refractivity contribution in [3.63, 3.8) is 0 Å². The number of rotatable bonds is 5. The Morgan fingerprint density at radius 1 is 1.25 bits per heavy atom. The maximum absolute atomic E-state index is 13.3. The average Bonchev–Trinajstić information content (AvgIpc) is 2.17. The Bertz CT molecular complexity index is 337. The average molecular weight is 347 g/mol. The van der Waals surface area contributed by atoms with Crippen molar-refractivity contribution in [2.75, 3.05) is 20.3 Å². The van der Waals surface area contributed by atoms with Crippen LogP contribution in [0.25, 0.3) is 0 Å². The number of methoxy groups -OCH3 is 1. The minimum atomic E-state index is -0.614. The zero-order valence-corrected chi connectivity index (χ0v) is 13.6. The van der Waals surface area contributed by atoms with Crippen molar-refractivity contribution in [2.24, 2.45) is 0 Å². The summed E-state index contributed by atoms with van der Waals surface area (Å²) in [6, 6.07) is 2.10. The molecule has 0 aromatic heterocycles. The van der Waals surface area contributed by atoms with Crippen molar-refractivity contribution < 1.29 is 36.6 Å². The number of halogens is 3. The predicted molar refractivity (Wildman–Crippen MR) is 57.8 cm³/mol. The summed E-state index contributed by atoms with van der Waals surface area (Å²) in [6.07, 6.45) is 0. The summed E-state index contributed by atoms with van der Waals surface area (Å²) in [7, 11) is 1.54. The van der Waals surface area contributed by atoms with E-state index in [1.165, 1.54) is 6.07 Å². The second-order valence-electron chi connectivity index (χ2n) is 2.96. The Balaban J connectivity index is 0.00000225. The number of ether oxygens (including phenoxy) is 2. The van der Waals surface area contributed by atoms with Gasteiger partial charge in [0.1, 0.15) is 0 Å². The molecule has 0 saturated heterocycles. The molecule has 0 unspecified atom stereocenters. The van der Waals surface area contributed by atoms with Crippen LogP contribution < -0.4 is 4.74 Å². The summed E-state index contributed by atoms with van der Waals surface area (Å²) in [6.45, 7) is 0.698. The molecule has 0 fully saturated rings. The standard InChI is InChI=1S/C10H11F2O2.BrH.Zn/c1-7-9(12)5-8(11)6-10(7)14-4-3-13-2;;/h5-6H,1,3-4H2,2H3;1H;. The van der Waals surface area contributed by atoms with Crippen LogP contribution in [0.1, 0.15) is 5.56 Å². The fourth-order valence-electron chi connectivity index (χ4n) is 1.19. The van der Waals surface area contributed by atoms with Gasteiger partial charge in [-0.05, 0) is 0 Å². The Labute approximate surface area is 114 Å². The molecule has 0 amide bonds. The summed E-state index contributed by atoms with van der Waals surface area (Å²) in [4.78, 5) is 0. The summed E-state index contributed by atoms with van der Waals surface area (Å²) in [5.41, 5.74) is 0.451. The van der Waals surface area contributed by atoms with Crippen LogP contribution in [-0.2, 0) is 28.1 Å². The molecule has 16 heavy (non-hydrogen) atoms. The Kier molecular flexibility index (Phi) is 8.07.